The molecule has 1 atom stereocenters. The second kappa shape index (κ2) is 6.35. The van der Waals surface area contributed by atoms with Crippen molar-refractivity contribution in [1.82, 2.24) is 15.1 Å². The van der Waals surface area contributed by atoms with Gasteiger partial charge in [-0.2, -0.15) is 5.10 Å². The van der Waals surface area contributed by atoms with E-state index in [1.54, 1.807) is 0 Å². The zero-order chi connectivity index (χ0) is 13.8. The fraction of sp³-hybridized carbons (Fsp3) is 0.400. The van der Waals surface area contributed by atoms with Gasteiger partial charge in [-0.05, 0) is 38.6 Å². The van der Waals surface area contributed by atoms with Gasteiger partial charge in [0.15, 0.2) is 0 Å². The molecule has 0 saturated heterocycles. The maximum absolute atomic E-state index is 4.61. The maximum Gasteiger partial charge on any atom is 0.0643 e. The molecule has 4 heteroatoms. The summed E-state index contributed by atoms with van der Waals surface area (Å²) in [5.41, 5.74) is 2.38. The Kier molecular flexibility index (Phi) is 4.77. The summed E-state index contributed by atoms with van der Waals surface area (Å²) in [6.45, 7) is 4.28. The third kappa shape index (κ3) is 3.45. The van der Waals surface area contributed by atoms with Crippen LogP contribution in [0.25, 0.3) is 0 Å². The van der Waals surface area contributed by atoms with Gasteiger partial charge in [-0.1, -0.05) is 34.1 Å². The van der Waals surface area contributed by atoms with Gasteiger partial charge in [0, 0.05) is 29.2 Å². The number of halogens is 1. The van der Waals surface area contributed by atoms with Gasteiger partial charge in [-0.25, -0.2) is 0 Å². The van der Waals surface area contributed by atoms with E-state index in [0.717, 1.165) is 16.6 Å². The number of nitrogens with zero attached hydrogens (tertiary/aromatic N) is 2. The summed E-state index contributed by atoms with van der Waals surface area (Å²) in [5, 5.41) is 7.98. The Morgan fingerprint density at radius 1 is 1.26 bits per heavy atom. The van der Waals surface area contributed by atoms with E-state index >= 15 is 0 Å². The molecule has 0 bridgehead atoms. The molecule has 0 aliphatic carbocycles. The predicted molar refractivity (Wildman–Crippen MR) is 82.3 cm³/mol. The van der Waals surface area contributed by atoms with Gasteiger partial charge < -0.3 is 5.32 Å². The van der Waals surface area contributed by atoms with E-state index in [1.165, 1.54) is 5.56 Å². The van der Waals surface area contributed by atoms with Gasteiger partial charge in [0.2, 0.25) is 0 Å². The molecule has 0 aliphatic rings. The lowest BCUT2D eigenvalue weighted by molar-refractivity contribution is 0.514. The van der Waals surface area contributed by atoms with Gasteiger partial charge in [0.25, 0.3) is 0 Å². The Bertz CT molecular complexity index is 534. The van der Waals surface area contributed by atoms with E-state index in [0.29, 0.717) is 6.04 Å². The Balaban J connectivity index is 2.17. The molecule has 19 heavy (non-hydrogen) atoms. The average Bonchev–Trinajstić information content (AvgIpc) is 2.86. The SMILES string of the molecule is CNC(Cc1ccn(C(C)C)n1)c1ccccc1Br. The molecular weight excluding hydrogens is 302 g/mol. The van der Waals surface area contributed by atoms with E-state index in [2.05, 4.69) is 64.5 Å². The minimum Gasteiger partial charge on any atom is -0.313 e. The molecule has 2 aromatic rings. The van der Waals surface area contributed by atoms with Crippen molar-refractivity contribution in [2.24, 2.45) is 0 Å². The van der Waals surface area contributed by atoms with Crippen LogP contribution in [0, 0.1) is 0 Å². The molecule has 0 aliphatic heterocycles. The van der Waals surface area contributed by atoms with E-state index in [1.807, 2.05) is 24.0 Å². The minimum atomic E-state index is 0.270. The number of aromatic nitrogens is 2. The summed E-state index contributed by atoms with van der Waals surface area (Å²) in [5.74, 6) is 0. The highest BCUT2D eigenvalue weighted by atomic mass is 79.9. The summed E-state index contributed by atoms with van der Waals surface area (Å²) in [7, 11) is 1.99. The second-order valence-corrected chi connectivity index (χ2v) is 5.80. The van der Waals surface area contributed by atoms with Crippen LogP contribution in [0.15, 0.2) is 41.0 Å². The first-order chi connectivity index (χ1) is 9.11. The first kappa shape index (κ1) is 14.3. The lowest BCUT2D eigenvalue weighted by Crippen LogP contribution is -2.19. The normalized spacial score (nSPS) is 12.9. The van der Waals surface area contributed by atoms with Gasteiger partial charge >= 0.3 is 0 Å². The van der Waals surface area contributed by atoms with Gasteiger partial charge in [0.05, 0.1) is 5.69 Å². The van der Waals surface area contributed by atoms with Crippen LogP contribution in [0.5, 0.6) is 0 Å². The standard InChI is InChI=1S/C15H20BrN3/c1-11(2)19-9-8-12(18-19)10-15(17-3)13-6-4-5-7-14(13)16/h4-9,11,15,17H,10H2,1-3H3. The molecule has 0 amide bonds. The first-order valence-electron chi connectivity index (χ1n) is 6.57. The van der Waals surface area contributed by atoms with Crippen LogP contribution >= 0.6 is 15.9 Å². The number of rotatable bonds is 5. The molecule has 0 radical (unpaired) electrons. The predicted octanol–water partition coefficient (Wildman–Crippen LogP) is 3.73. The Morgan fingerprint density at radius 3 is 2.58 bits per heavy atom. The summed E-state index contributed by atoms with van der Waals surface area (Å²) in [6, 6.07) is 11.1. The molecule has 3 nitrogen and oxygen atoms in total. The Labute approximate surface area is 123 Å². The smallest absolute Gasteiger partial charge is 0.0643 e. The maximum atomic E-state index is 4.61. The van der Waals surface area contributed by atoms with Crippen molar-refractivity contribution in [1.29, 1.82) is 0 Å². The molecule has 1 aromatic heterocycles. The van der Waals surface area contributed by atoms with Crippen LogP contribution in [-0.4, -0.2) is 16.8 Å². The van der Waals surface area contributed by atoms with E-state index in [-0.39, 0.29) is 6.04 Å². The van der Waals surface area contributed by atoms with E-state index < -0.39 is 0 Å². The third-order valence-corrected chi connectivity index (χ3v) is 3.96. The van der Waals surface area contributed by atoms with Crippen LogP contribution in [0.4, 0.5) is 0 Å². The van der Waals surface area contributed by atoms with Crippen LogP contribution in [0.2, 0.25) is 0 Å². The van der Waals surface area contributed by atoms with Crippen molar-refractivity contribution in [2.45, 2.75) is 32.4 Å². The Hall–Kier alpha value is -1.13. The highest BCUT2D eigenvalue weighted by molar-refractivity contribution is 9.10. The van der Waals surface area contributed by atoms with E-state index in [9.17, 15) is 0 Å². The summed E-state index contributed by atoms with van der Waals surface area (Å²) in [4.78, 5) is 0. The molecule has 0 fully saturated rings. The zero-order valence-electron chi connectivity index (χ0n) is 11.6. The zero-order valence-corrected chi connectivity index (χ0v) is 13.2. The van der Waals surface area contributed by atoms with Gasteiger partial charge in [0.1, 0.15) is 0 Å². The lowest BCUT2D eigenvalue weighted by Gasteiger charge is -2.17. The molecule has 0 saturated carbocycles. The number of nitrogens with one attached hydrogen (secondary N) is 1. The number of benzene rings is 1. The van der Waals surface area contributed by atoms with Crippen LogP contribution in [0.1, 0.15) is 37.2 Å². The molecule has 102 valence electrons. The molecule has 1 heterocycles. The Morgan fingerprint density at radius 2 is 2.00 bits per heavy atom. The van der Waals surface area contributed by atoms with Gasteiger partial charge in [-0.15, -0.1) is 0 Å². The highest BCUT2D eigenvalue weighted by Gasteiger charge is 2.14. The molecule has 1 aromatic carbocycles. The van der Waals surface area contributed by atoms with Crippen molar-refractivity contribution < 1.29 is 0 Å². The first-order valence-corrected chi connectivity index (χ1v) is 7.37. The van der Waals surface area contributed by atoms with E-state index in [4.69, 9.17) is 0 Å². The topological polar surface area (TPSA) is 29.9 Å². The summed E-state index contributed by atoms with van der Waals surface area (Å²) in [6.07, 6.45) is 2.94. The molecular formula is C15H20BrN3. The van der Waals surface area contributed by atoms with Gasteiger partial charge in [-0.3, -0.25) is 4.68 Å². The number of likely N-dealkylation sites (N-methyl/N-ethyl adjacent to an activating group) is 1. The fourth-order valence-electron chi connectivity index (χ4n) is 2.11. The fourth-order valence-corrected chi connectivity index (χ4v) is 2.67. The summed E-state index contributed by atoms with van der Waals surface area (Å²) < 4.78 is 3.14. The van der Waals surface area contributed by atoms with Crippen molar-refractivity contribution in [3.05, 3.63) is 52.3 Å². The minimum absolute atomic E-state index is 0.270. The number of hydrogen-bond acceptors (Lipinski definition) is 2. The second-order valence-electron chi connectivity index (χ2n) is 4.95. The largest absolute Gasteiger partial charge is 0.313 e. The van der Waals surface area contributed by atoms with Crippen LogP contribution < -0.4 is 5.32 Å². The molecule has 2 rings (SSSR count). The monoisotopic (exact) mass is 321 g/mol. The quantitative estimate of drug-likeness (QED) is 0.909. The van der Waals surface area contributed by atoms with Crippen molar-refractivity contribution in [2.75, 3.05) is 7.05 Å². The van der Waals surface area contributed by atoms with Crippen molar-refractivity contribution >= 4 is 15.9 Å². The lowest BCUT2D eigenvalue weighted by atomic mass is 10.0. The number of hydrogen-bond donors (Lipinski definition) is 1. The van der Waals surface area contributed by atoms with Crippen LogP contribution in [-0.2, 0) is 6.42 Å². The molecule has 1 N–H and O–H groups in total. The van der Waals surface area contributed by atoms with Crippen molar-refractivity contribution in [3.8, 4) is 0 Å². The highest BCUT2D eigenvalue weighted by Crippen LogP contribution is 2.25. The molecule has 0 spiro atoms. The third-order valence-electron chi connectivity index (χ3n) is 3.24. The molecule has 1 unspecified atom stereocenters. The average molecular weight is 322 g/mol. The summed E-state index contributed by atoms with van der Waals surface area (Å²) >= 11 is 3.61. The van der Waals surface area contributed by atoms with Crippen molar-refractivity contribution in [3.63, 3.8) is 0 Å². The van der Waals surface area contributed by atoms with Crippen LogP contribution in [0.3, 0.4) is 0 Å².